The van der Waals surface area contributed by atoms with Gasteiger partial charge in [-0.15, -0.1) is 0 Å². The molecule has 0 bridgehead atoms. The number of rotatable bonds is 4. The molecule has 0 aliphatic heterocycles. The number of carbonyl (C=O) groups excluding carboxylic acids is 1. The van der Waals surface area contributed by atoms with Gasteiger partial charge >= 0.3 is 0 Å². The first-order valence-corrected chi connectivity index (χ1v) is 7.83. The second kappa shape index (κ2) is 6.26. The van der Waals surface area contributed by atoms with Gasteiger partial charge in [-0.3, -0.25) is 10.1 Å². The Morgan fingerprint density at radius 2 is 1.74 bits per heavy atom. The van der Waals surface area contributed by atoms with E-state index in [2.05, 4.69) is 10.3 Å². The van der Waals surface area contributed by atoms with Gasteiger partial charge in [0.1, 0.15) is 0 Å². The van der Waals surface area contributed by atoms with E-state index in [0.717, 1.165) is 15.8 Å². The van der Waals surface area contributed by atoms with E-state index in [1.54, 1.807) is 32.4 Å². The van der Waals surface area contributed by atoms with Gasteiger partial charge < -0.3 is 9.47 Å². The van der Waals surface area contributed by atoms with E-state index >= 15 is 0 Å². The SMILES string of the molecule is COc1cc2nc(NC(=O)c3ccc(C)cc3)sc2cc1OC. The summed E-state index contributed by atoms with van der Waals surface area (Å²) < 4.78 is 11.5. The number of nitrogens with one attached hydrogen (secondary N) is 1. The van der Waals surface area contributed by atoms with Crippen molar-refractivity contribution in [2.24, 2.45) is 0 Å². The number of fused-ring (bicyclic) bond motifs is 1. The van der Waals surface area contributed by atoms with Gasteiger partial charge in [-0.25, -0.2) is 4.98 Å². The summed E-state index contributed by atoms with van der Waals surface area (Å²) in [5, 5.41) is 3.37. The van der Waals surface area contributed by atoms with Crippen LogP contribution in [0.15, 0.2) is 36.4 Å². The fourth-order valence-corrected chi connectivity index (χ4v) is 3.05. The molecule has 3 rings (SSSR count). The highest BCUT2D eigenvalue weighted by Gasteiger charge is 2.13. The third kappa shape index (κ3) is 3.12. The van der Waals surface area contributed by atoms with Crippen molar-refractivity contribution in [3.8, 4) is 11.5 Å². The summed E-state index contributed by atoms with van der Waals surface area (Å²) in [7, 11) is 3.17. The third-order valence-electron chi connectivity index (χ3n) is 3.43. The Labute approximate surface area is 137 Å². The van der Waals surface area contributed by atoms with E-state index in [1.807, 2.05) is 25.1 Å². The molecule has 6 heteroatoms. The maximum absolute atomic E-state index is 12.3. The van der Waals surface area contributed by atoms with Crippen LogP contribution in [-0.2, 0) is 0 Å². The molecule has 1 amide bonds. The fraction of sp³-hybridized carbons (Fsp3) is 0.176. The van der Waals surface area contributed by atoms with Gasteiger partial charge in [-0.2, -0.15) is 0 Å². The quantitative estimate of drug-likeness (QED) is 0.790. The minimum absolute atomic E-state index is 0.178. The van der Waals surface area contributed by atoms with Crippen LogP contribution in [0.5, 0.6) is 11.5 Å². The number of benzene rings is 2. The number of amides is 1. The molecule has 1 aromatic heterocycles. The number of nitrogens with zero attached hydrogens (tertiary/aromatic N) is 1. The van der Waals surface area contributed by atoms with Crippen LogP contribution in [0.4, 0.5) is 5.13 Å². The van der Waals surface area contributed by atoms with Crippen LogP contribution in [0.1, 0.15) is 15.9 Å². The van der Waals surface area contributed by atoms with Gasteiger partial charge in [0.05, 0.1) is 24.4 Å². The molecule has 0 radical (unpaired) electrons. The Kier molecular flexibility index (Phi) is 4.16. The first-order valence-electron chi connectivity index (χ1n) is 7.01. The average molecular weight is 328 g/mol. The number of carbonyl (C=O) groups is 1. The summed E-state index contributed by atoms with van der Waals surface area (Å²) in [6.07, 6.45) is 0. The molecule has 1 N–H and O–H groups in total. The molecular weight excluding hydrogens is 312 g/mol. The van der Waals surface area contributed by atoms with Crippen LogP contribution in [0.3, 0.4) is 0 Å². The smallest absolute Gasteiger partial charge is 0.257 e. The number of thiazole rings is 1. The molecule has 0 aliphatic rings. The Hall–Kier alpha value is -2.60. The average Bonchev–Trinajstić information content (AvgIpc) is 2.94. The van der Waals surface area contributed by atoms with Crippen LogP contribution in [0, 0.1) is 6.92 Å². The van der Waals surface area contributed by atoms with Crippen molar-refractivity contribution >= 4 is 32.6 Å². The molecule has 118 valence electrons. The van der Waals surface area contributed by atoms with Gasteiger partial charge in [0, 0.05) is 17.7 Å². The Balaban J connectivity index is 1.88. The lowest BCUT2D eigenvalue weighted by Crippen LogP contribution is -2.11. The molecule has 0 fully saturated rings. The highest BCUT2D eigenvalue weighted by atomic mass is 32.1. The highest BCUT2D eigenvalue weighted by Crippen LogP contribution is 2.36. The molecule has 0 saturated carbocycles. The van der Waals surface area contributed by atoms with Crippen molar-refractivity contribution in [2.75, 3.05) is 19.5 Å². The van der Waals surface area contributed by atoms with Crippen molar-refractivity contribution in [1.82, 2.24) is 4.98 Å². The number of ether oxygens (including phenoxy) is 2. The molecule has 0 unspecified atom stereocenters. The first-order chi connectivity index (χ1) is 11.1. The molecular formula is C17H16N2O3S. The standard InChI is InChI=1S/C17H16N2O3S/c1-10-4-6-11(7-5-10)16(20)19-17-18-12-8-13(21-2)14(22-3)9-15(12)23-17/h4-9H,1-3H3,(H,18,19,20). The summed E-state index contributed by atoms with van der Waals surface area (Å²) in [4.78, 5) is 16.7. The van der Waals surface area contributed by atoms with Crippen LogP contribution < -0.4 is 14.8 Å². The topological polar surface area (TPSA) is 60.5 Å². The maximum atomic E-state index is 12.3. The van der Waals surface area contributed by atoms with Crippen molar-refractivity contribution in [3.63, 3.8) is 0 Å². The molecule has 0 atom stereocenters. The lowest BCUT2D eigenvalue weighted by atomic mass is 10.1. The predicted octanol–water partition coefficient (Wildman–Crippen LogP) is 3.87. The minimum atomic E-state index is -0.178. The van der Waals surface area contributed by atoms with E-state index in [-0.39, 0.29) is 5.91 Å². The Morgan fingerprint density at radius 1 is 1.09 bits per heavy atom. The van der Waals surface area contributed by atoms with E-state index in [9.17, 15) is 4.79 Å². The number of hydrogen-bond donors (Lipinski definition) is 1. The molecule has 1 heterocycles. The second-order valence-corrected chi connectivity index (χ2v) is 6.04. The molecule has 23 heavy (non-hydrogen) atoms. The van der Waals surface area contributed by atoms with Crippen molar-refractivity contribution < 1.29 is 14.3 Å². The van der Waals surface area contributed by atoms with Crippen LogP contribution in [0.25, 0.3) is 10.2 Å². The van der Waals surface area contributed by atoms with Gasteiger partial charge in [-0.1, -0.05) is 29.0 Å². The zero-order chi connectivity index (χ0) is 16.4. The molecule has 5 nitrogen and oxygen atoms in total. The monoisotopic (exact) mass is 328 g/mol. The zero-order valence-corrected chi connectivity index (χ0v) is 13.9. The van der Waals surface area contributed by atoms with E-state index in [0.29, 0.717) is 22.2 Å². The number of methoxy groups -OCH3 is 2. The van der Waals surface area contributed by atoms with Crippen molar-refractivity contribution in [2.45, 2.75) is 6.92 Å². The lowest BCUT2D eigenvalue weighted by molar-refractivity contribution is 0.102. The zero-order valence-electron chi connectivity index (χ0n) is 13.0. The van der Waals surface area contributed by atoms with Gasteiger partial charge in [0.15, 0.2) is 16.6 Å². The third-order valence-corrected chi connectivity index (χ3v) is 4.36. The molecule has 0 aliphatic carbocycles. The predicted molar refractivity (Wildman–Crippen MR) is 91.9 cm³/mol. The van der Waals surface area contributed by atoms with Gasteiger partial charge in [-0.05, 0) is 19.1 Å². The first kappa shape index (κ1) is 15.3. The summed E-state index contributed by atoms with van der Waals surface area (Å²) in [6, 6.07) is 11.1. The Bertz CT molecular complexity index is 815. The van der Waals surface area contributed by atoms with Crippen LogP contribution >= 0.6 is 11.3 Å². The molecule has 3 aromatic rings. The van der Waals surface area contributed by atoms with E-state index in [1.165, 1.54) is 11.3 Å². The lowest BCUT2D eigenvalue weighted by Gasteiger charge is -2.05. The fourth-order valence-electron chi connectivity index (χ4n) is 2.18. The maximum Gasteiger partial charge on any atom is 0.257 e. The molecule has 0 spiro atoms. The largest absolute Gasteiger partial charge is 0.493 e. The van der Waals surface area contributed by atoms with Crippen LogP contribution in [0.2, 0.25) is 0 Å². The van der Waals surface area contributed by atoms with E-state index in [4.69, 9.17) is 9.47 Å². The van der Waals surface area contributed by atoms with Crippen LogP contribution in [-0.4, -0.2) is 25.1 Å². The normalized spacial score (nSPS) is 10.6. The number of anilines is 1. The Morgan fingerprint density at radius 3 is 2.39 bits per heavy atom. The second-order valence-electron chi connectivity index (χ2n) is 5.01. The molecule has 0 saturated heterocycles. The minimum Gasteiger partial charge on any atom is -0.493 e. The highest BCUT2D eigenvalue weighted by molar-refractivity contribution is 7.22. The van der Waals surface area contributed by atoms with E-state index < -0.39 is 0 Å². The van der Waals surface area contributed by atoms with Gasteiger partial charge in [0.25, 0.3) is 5.91 Å². The summed E-state index contributed by atoms with van der Waals surface area (Å²) >= 11 is 1.39. The van der Waals surface area contributed by atoms with Crippen molar-refractivity contribution in [1.29, 1.82) is 0 Å². The number of aryl methyl sites for hydroxylation is 1. The molecule has 2 aromatic carbocycles. The summed E-state index contributed by atoms with van der Waals surface area (Å²) in [5.41, 5.74) is 2.47. The van der Waals surface area contributed by atoms with Crippen molar-refractivity contribution in [3.05, 3.63) is 47.5 Å². The summed E-state index contributed by atoms with van der Waals surface area (Å²) in [6.45, 7) is 1.98. The number of hydrogen-bond acceptors (Lipinski definition) is 5. The number of aromatic nitrogens is 1. The van der Waals surface area contributed by atoms with Gasteiger partial charge in [0.2, 0.25) is 0 Å². The summed E-state index contributed by atoms with van der Waals surface area (Å²) in [5.74, 6) is 1.07.